The molecule has 0 bridgehead atoms. The Balaban J connectivity index is 2.34. The molecule has 0 spiro atoms. The summed E-state index contributed by atoms with van der Waals surface area (Å²) in [4.78, 5) is 2.20. The van der Waals surface area contributed by atoms with E-state index in [9.17, 15) is 0 Å². The summed E-state index contributed by atoms with van der Waals surface area (Å²) >= 11 is 0. The standard InChI is InChI=1S/C12H15NO2/c1-2-5-13-6-7-15-12-4-3-10(9-14)8-11(12)13/h2-4,8,14H,1,5-7,9H2. The number of anilines is 1. The number of hydrogen-bond acceptors (Lipinski definition) is 3. The number of aliphatic hydroxyl groups is 1. The fourth-order valence-electron chi connectivity index (χ4n) is 1.76. The summed E-state index contributed by atoms with van der Waals surface area (Å²) in [6.45, 7) is 6.19. The van der Waals surface area contributed by atoms with Gasteiger partial charge in [0.1, 0.15) is 12.4 Å². The first-order chi connectivity index (χ1) is 7.35. The van der Waals surface area contributed by atoms with Crippen LogP contribution < -0.4 is 9.64 Å². The molecule has 0 atom stereocenters. The third-order valence-corrected chi connectivity index (χ3v) is 2.51. The van der Waals surface area contributed by atoms with Crippen molar-refractivity contribution in [2.45, 2.75) is 6.61 Å². The summed E-state index contributed by atoms with van der Waals surface area (Å²) in [5, 5.41) is 9.08. The molecule has 1 N–H and O–H groups in total. The summed E-state index contributed by atoms with van der Waals surface area (Å²) in [5.74, 6) is 0.889. The zero-order chi connectivity index (χ0) is 10.7. The Labute approximate surface area is 89.6 Å². The van der Waals surface area contributed by atoms with Crippen LogP contribution in [-0.2, 0) is 6.61 Å². The van der Waals surface area contributed by atoms with Crippen LogP contribution in [-0.4, -0.2) is 24.8 Å². The Morgan fingerprint density at radius 3 is 3.13 bits per heavy atom. The van der Waals surface area contributed by atoms with Gasteiger partial charge >= 0.3 is 0 Å². The molecule has 1 aromatic rings. The van der Waals surface area contributed by atoms with Gasteiger partial charge in [0.2, 0.25) is 0 Å². The highest BCUT2D eigenvalue weighted by Gasteiger charge is 2.16. The average molecular weight is 205 g/mol. The van der Waals surface area contributed by atoms with Crippen LogP contribution in [0, 0.1) is 0 Å². The van der Waals surface area contributed by atoms with Gasteiger partial charge in [-0.05, 0) is 17.7 Å². The Hall–Kier alpha value is -1.48. The van der Waals surface area contributed by atoms with Crippen LogP contribution in [0.2, 0.25) is 0 Å². The molecule has 1 aromatic carbocycles. The Morgan fingerprint density at radius 1 is 1.53 bits per heavy atom. The lowest BCUT2D eigenvalue weighted by Gasteiger charge is -2.30. The SMILES string of the molecule is C=CCN1CCOc2ccc(CO)cc21. The van der Waals surface area contributed by atoms with Crippen molar-refractivity contribution in [3.63, 3.8) is 0 Å². The maximum atomic E-state index is 9.08. The minimum atomic E-state index is 0.0647. The number of rotatable bonds is 3. The fraction of sp³-hybridized carbons (Fsp3) is 0.333. The van der Waals surface area contributed by atoms with Crippen LogP contribution in [0.1, 0.15) is 5.56 Å². The molecule has 2 rings (SSSR count). The van der Waals surface area contributed by atoms with Crippen LogP contribution in [0.15, 0.2) is 30.9 Å². The van der Waals surface area contributed by atoms with Gasteiger partial charge in [-0.3, -0.25) is 0 Å². The Bertz CT molecular complexity index is 363. The Kier molecular flexibility index (Phi) is 2.92. The van der Waals surface area contributed by atoms with E-state index in [1.54, 1.807) is 0 Å². The van der Waals surface area contributed by atoms with Gasteiger partial charge in [-0.2, -0.15) is 0 Å². The molecule has 1 aliphatic rings. The quantitative estimate of drug-likeness (QED) is 0.760. The predicted molar refractivity (Wildman–Crippen MR) is 60.3 cm³/mol. The van der Waals surface area contributed by atoms with Crippen LogP contribution in [0.5, 0.6) is 5.75 Å². The van der Waals surface area contributed by atoms with Crippen LogP contribution in [0.25, 0.3) is 0 Å². The van der Waals surface area contributed by atoms with Gasteiger partial charge in [-0.25, -0.2) is 0 Å². The molecule has 0 aliphatic carbocycles. The number of fused-ring (bicyclic) bond motifs is 1. The van der Waals surface area contributed by atoms with Crippen molar-refractivity contribution in [1.82, 2.24) is 0 Å². The molecular formula is C12H15NO2. The summed E-state index contributed by atoms with van der Waals surface area (Å²) in [6, 6.07) is 5.77. The molecule has 3 heteroatoms. The van der Waals surface area contributed by atoms with E-state index in [1.165, 1.54) is 0 Å². The van der Waals surface area contributed by atoms with Crippen molar-refractivity contribution in [1.29, 1.82) is 0 Å². The van der Waals surface area contributed by atoms with Crippen molar-refractivity contribution < 1.29 is 9.84 Å². The lowest BCUT2D eigenvalue weighted by Crippen LogP contribution is -2.32. The van der Waals surface area contributed by atoms with Crippen molar-refractivity contribution >= 4 is 5.69 Å². The first-order valence-electron chi connectivity index (χ1n) is 5.07. The summed E-state index contributed by atoms with van der Waals surface area (Å²) in [5.41, 5.74) is 1.96. The van der Waals surface area contributed by atoms with E-state index in [4.69, 9.17) is 9.84 Å². The highest BCUT2D eigenvalue weighted by Crippen LogP contribution is 2.32. The van der Waals surface area contributed by atoms with Crippen molar-refractivity contribution in [3.8, 4) is 5.75 Å². The smallest absolute Gasteiger partial charge is 0.142 e. The minimum Gasteiger partial charge on any atom is -0.490 e. The first kappa shape index (κ1) is 10.1. The second kappa shape index (κ2) is 4.36. The Morgan fingerprint density at radius 2 is 2.40 bits per heavy atom. The predicted octanol–water partition coefficient (Wildman–Crippen LogP) is 1.56. The number of hydrogen-bond donors (Lipinski definition) is 1. The molecule has 0 fully saturated rings. The van der Waals surface area contributed by atoms with E-state index in [-0.39, 0.29) is 6.61 Å². The minimum absolute atomic E-state index is 0.0647. The normalized spacial score (nSPS) is 14.3. The molecule has 0 saturated carbocycles. The molecule has 15 heavy (non-hydrogen) atoms. The third-order valence-electron chi connectivity index (χ3n) is 2.51. The summed E-state index contributed by atoms with van der Waals surface area (Å²) in [6.07, 6.45) is 1.88. The van der Waals surface area contributed by atoms with Gasteiger partial charge in [0.15, 0.2) is 0 Å². The zero-order valence-corrected chi connectivity index (χ0v) is 8.65. The largest absolute Gasteiger partial charge is 0.490 e. The third kappa shape index (κ3) is 1.97. The van der Waals surface area contributed by atoms with E-state index < -0.39 is 0 Å². The maximum Gasteiger partial charge on any atom is 0.142 e. The van der Waals surface area contributed by atoms with Gasteiger partial charge in [0, 0.05) is 6.54 Å². The molecule has 0 unspecified atom stereocenters. The van der Waals surface area contributed by atoms with Crippen molar-refractivity contribution in [2.24, 2.45) is 0 Å². The summed E-state index contributed by atoms with van der Waals surface area (Å²) in [7, 11) is 0. The van der Waals surface area contributed by atoms with Crippen LogP contribution in [0.3, 0.4) is 0 Å². The molecule has 0 radical (unpaired) electrons. The molecule has 0 aromatic heterocycles. The molecule has 1 heterocycles. The molecule has 1 aliphatic heterocycles. The second-order valence-corrected chi connectivity index (χ2v) is 3.54. The number of ether oxygens (including phenoxy) is 1. The monoisotopic (exact) mass is 205 g/mol. The van der Waals surface area contributed by atoms with Gasteiger partial charge in [0.05, 0.1) is 18.8 Å². The number of nitrogens with zero attached hydrogens (tertiary/aromatic N) is 1. The lowest BCUT2D eigenvalue weighted by atomic mass is 10.1. The molecule has 0 amide bonds. The van der Waals surface area contributed by atoms with Crippen molar-refractivity contribution in [2.75, 3.05) is 24.6 Å². The maximum absolute atomic E-state index is 9.08. The van der Waals surface area contributed by atoms with Crippen molar-refractivity contribution in [3.05, 3.63) is 36.4 Å². The summed E-state index contributed by atoms with van der Waals surface area (Å²) < 4.78 is 5.54. The average Bonchev–Trinajstić information content (AvgIpc) is 2.29. The van der Waals surface area contributed by atoms with Crippen LogP contribution >= 0.6 is 0 Å². The second-order valence-electron chi connectivity index (χ2n) is 3.54. The zero-order valence-electron chi connectivity index (χ0n) is 8.65. The van der Waals surface area contributed by atoms with E-state index >= 15 is 0 Å². The van der Waals surface area contributed by atoms with Gasteiger partial charge in [0.25, 0.3) is 0 Å². The van der Waals surface area contributed by atoms with Gasteiger partial charge in [-0.1, -0.05) is 12.1 Å². The molecule has 80 valence electrons. The lowest BCUT2D eigenvalue weighted by molar-refractivity contribution is 0.280. The highest BCUT2D eigenvalue weighted by atomic mass is 16.5. The number of aliphatic hydroxyl groups excluding tert-OH is 1. The first-order valence-corrected chi connectivity index (χ1v) is 5.07. The molecule has 3 nitrogen and oxygen atoms in total. The van der Waals surface area contributed by atoms with Gasteiger partial charge < -0.3 is 14.7 Å². The van der Waals surface area contributed by atoms with Crippen LogP contribution in [0.4, 0.5) is 5.69 Å². The van der Waals surface area contributed by atoms with E-state index in [0.717, 1.165) is 30.1 Å². The van der Waals surface area contributed by atoms with E-state index in [2.05, 4.69) is 11.5 Å². The molecule has 0 saturated heterocycles. The number of benzene rings is 1. The topological polar surface area (TPSA) is 32.7 Å². The van der Waals surface area contributed by atoms with Gasteiger partial charge in [-0.15, -0.1) is 6.58 Å². The fourth-order valence-corrected chi connectivity index (χ4v) is 1.76. The van der Waals surface area contributed by atoms with E-state index in [0.29, 0.717) is 6.61 Å². The van der Waals surface area contributed by atoms with E-state index in [1.807, 2.05) is 24.3 Å². The highest BCUT2D eigenvalue weighted by molar-refractivity contribution is 5.61. The molecular weight excluding hydrogens is 190 g/mol.